The summed E-state index contributed by atoms with van der Waals surface area (Å²) in [7, 11) is 1.33. The second kappa shape index (κ2) is 20.8. The van der Waals surface area contributed by atoms with Crippen LogP contribution in [0.25, 0.3) is 34.5 Å². The molecule has 0 aliphatic carbocycles. The first-order valence-corrected chi connectivity index (χ1v) is 22.4. The smallest absolute Gasteiger partial charge is 0.373 e. The summed E-state index contributed by atoms with van der Waals surface area (Å²) in [6.45, 7) is 6.10. The number of pyridine rings is 4. The Morgan fingerprint density at radius 2 is 1.22 bits per heavy atom. The number of rotatable bonds is 14. The van der Waals surface area contributed by atoms with E-state index >= 15 is 0 Å². The molecule has 20 heteroatoms. The number of benzene rings is 3. The van der Waals surface area contributed by atoms with E-state index in [1.165, 1.54) is 54.8 Å². The molecule has 7 aromatic rings. The zero-order valence-corrected chi connectivity index (χ0v) is 39.0. The van der Waals surface area contributed by atoms with Gasteiger partial charge >= 0.3 is 11.9 Å². The van der Waals surface area contributed by atoms with E-state index in [0.717, 1.165) is 26.5 Å². The molecule has 9 rings (SSSR count). The number of aromatic hydroxyl groups is 1. The molecule has 0 saturated heterocycles. The molecule has 0 unspecified atom stereocenters. The summed E-state index contributed by atoms with van der Waals surface area (Å²) >= 11 is 0. The van der Waals surface area contributed by atoms with E-state index in [2.05, 4.69) is 15.3 Å². The van der Waals surface area contributed by atoms with Gasteiger partial charge in [-0.1, -0.05) is 54.6 Å². The highest BCUT2D eigenvalue weighted by Crippen LogP contribution is 2.40. The number of likely N-dealkylation sites (N-methyl/N-ethyl adjacent to an activating group) is 1. The molecule has 0 bridgehead atoms. The molecule has 0 fully saturated rings. The lowest BCUT2D eigenvalue weighted by molar-refractivity contribution is -0.135. The van der Waals surface area contributed by atoms with E-state index in [-0.39, 0.29) is 76.9 Å². The first-order chi connectivity index (χ1) is 34.7. The van der Waals surface area contributed by atoms with Gasteiger partial charge in [0, 0.05) is 56.5 Å². The van der Waals surface area contributed by atoms with Crippen LogP contribution in [-0.2, 0) is 33.8 Å². The minimum absolute atomic E-state index is 0.00302. The van der Waals surface area contributed by atoms with Crippen molar-refractivity contribution in [3.05, 3.63) is 174 Å². The van der Waals surface area contributed by atoms with Gasteiger partial charge in [0.1, 0.15) is 45.9 Å². The van der Waals surface area contributed by atoms with Crippen molar-refractivity contribution < 1.29 is 57.1 Å². The fraction of sp³-hybridized carbons (Fsp3) is 0.192. The average molecular weight is 983 g/mol. The second-order valence-corrected chi connectivity index (χ2v) is 16.1. The highest BCUT2D eigenvalue weighted by molar-refractivity contribution is 6.05. The number of carboxylic acids is 1. The van der Waals surface area contributed by atoms with Gasteiger partial charge in [0.2, 0.25) is 11.5 Å². The van der Waals surface area contributed by atoms with Gasteiger partial charge in [0.15, 0.2) is 28.6 Å². The van der Waals surface area contributed by atoms with Crippen LogP contribution in [-0.4, -0.2) is 84.7 Å². The molecule has 2 aliphatic rings. The van der Waals surface area contributed by atoms with Crippen LogP contribution < -0.4 is 30.6 Å². The lowest BCUT2D eigenvalue weighted by atomic mass is 10.0. The molecular formula is C52H44F2N6O12. The Morgan fingerprint density at radius 1 is 0.708 bits per heavy atom. The summed E-state index contributed by atoms with van der Waals surface area (Å²) in [4.78, 5) is 87.4. The van der Waals surface area contributed by atoms with Gasteiger partial charge in [-0.15, -0.1) is 0 Å². The molecule has 6 heterocycles. The monoisotopic (exact) mass is 982 g/mol. The van der Waals surface area contributed by atoms with Gasteiger partial charge in [-0.2, -0.15) is 0 Å². The molecule has 3 N–H and O–H groups in total. The number of carbonyl (C=O) groups excluding carboxylic acids is 3. The van der Waals surface area contributed by atoms with E-state index in [4.69, 9.17) is 18.9 Å². The van der Waals surface area contributed by atoms with E-state index < -0.39 is 63.3 Å². The Labute approximate surface area is 407 Å². The number of hydrogen-bond donors (Lipinski definition) is 3. The normalized spacial score (nSPS) is 12.1. The largest absolute Gasteiger partial charge is 0.505 e. The molecule has 18 nitrogen and oxygen atoms in total. The van der Waals surface area contributed by atoms with Crippen LogP contribution in [0.15, 0.2) is 112 Å². The molecular weight excluding hydrogens is 939 g/mol. The topological polar surface area (TPSA) is 231 Å². The zero-order chi connectivity index (χ0) is 51.4. The van der Waals surface area contributed by atoms with E-state index in [1.807, 2.05) is 44.2 Å². The molecule has 72 heavy (non-hydrogen) atoms. The van der Waals surface area contributed by atoms with Crippen molar-refractivity contribution in [3.63, 3.8) is 0 Å². The van der Waals surface area contributed by atoms with E-state index in [9.17, 15) is 47.8 Å². The Balaban J connectivity index is 0.000000194. The van der Waals surface area contributed by atoms with Crippen LogP contribution in [0.5, 0.6) is 23.0 Å². The minimum atomic E-state index is -1.41. The van der Waals surface area contributed by atoms with Crippen molar-refractivity contribution in [2.45, 2.75) is 40.2 Å². The van der Waals surface area contributed by atoms with Crippen LogP contribution in [0.1, 0.15) is 69.3 Å². The second-order valence-electron chi connectivity index (χ2n) is 16.1. The van der Waals surface area contributed by atoms with Crippen LogP contribution in [0, 0.1) is 11.6 Å². The first kappa shape index (κ1) is 49.2. The third-order valence-electron chi connectivity index (χ3n) is 11.6. The summed E-state index contributed by atoms with van der Waals surface area (Å²) in [5.41, 5.74) is 0.969. The average Bonchev–Trinajstić information content (AvgIpc) is 3.38. The van der Waals surface area contributed by atoms with Crippen LogP contribution >= 0.6 is 0 Å². The Kier molecular flexibility index (Phi) is 14.2. The predicted octanol–water partition coefficient (Wildman–Crippen LogP) is 6.41. The number of halogens is 2. The van der Waals surface area contributed by atoms with Gasteiger partial charge in [-0.3, -0.25) is 38.3 Å². The van der Waals surface area contributed by atoms with Crippen molar-refractivity contribution in [3.8, 4) is 23.0 Å². The minimum Gasteiger partial charge on any atom is -0.505 e. The zero-order valence-electron chi connectivity index (χ0n) is 39.0. The maximum absolute atomic E-state index is 13.6. The van der Waals surface area contributed by atoms with E-state index in [1.54, 1.807) is 31.2 Å². The number of hydrogen-bond acceptors (Lipinski definition) is 13. The molecule has 3 aromatic carbocycles. The first-order valence-electron chi connectivity index (χ1n) is 22.4. The molecule has 0 atom stereocenters. The molecule has 368 valence electrons. The van der Waals surface area contributed by atoms with Gasteiger partial charge in [-0.25, -0.2) is 18.4 Å². The number of aliphatic carboxylic acids is 1. The number of aromatic nitrogens is 4. The lowest BCUT2D eigenvalue weighted by Crippen LogP contribution is -2.36. The maximum atomic E-state index is 13.6. The fourth-order valence-electron chi connectivity index (χ4n) is 8.03. The van der Waals surface area contributed by atoms with Crippen LogP contribution in [0.3, 0.4) is 0 Å². The summed E-state index contributed by atoms with van der Waals surface area (Å²) in [5.74, 6) is -5.45. The highest BCUT2D eigenvalue weighted by atomic mass is 19.1. The molecule has 0 spiro atoms. The number of nitrogens with one attached hydrogen (secondary N) is 1. The Bertz CT molecular complexity index is 3500. The lowest BCUT2D eigenvalue weighted by Gasteiger charge is -2.25. The molecule has 4 aromatic heterocycles. The van der Waals surface area contributed by atoms with Crippen molar-refractivity contribution in [1.29, 1.82) is 0 Å². The van der Waals surface area contributed by atoms with Gasteiger partial charge < -0.3 is 39.4 Å². The van der Waals surface area contributed by atoms with E-state index in [0.29, 0.717) is 29.8 Å². The number of amides is 2. The quantitative estimate of drug-likeness (QED) is 0.100. The molecule has 0 saturated carbocycles. The highest BCUT2D eigenvalue weighted by Gasteiger charge is 2.34. The molecule has 0 radical (unpaired) electrons. The van der Waals surface area contributed by atoms with Crippen LogP contribution in [0.4, 0.5) is 8.78 Å². The molecule has 2 aliphatic heterocycles. The fourth-order valence-corrected chi connectivity index (χ4v) is 8.03. The van der Waals surface area contributed by atoms with Crippen molar-refractivity contribution >= 4 is 58.2 Å². The van der Waals surface area contributed by atoms with Gasteiger partial charge in [-0.05, 0) is 61.7 Å². The third-order valence-corrected chi connectivity index (χ3v) is 11.6. The summed E-state index contributed by atoms with van der Waals surface area (Å²) in [6, 6.07) is 20.7. The number of esters is 1. The number of nitrogens with zero attached hydrogens (tertiary/aromatic N) is 5. The summed E-state index contributed by atoms with van der Waals surface area (Å²) in [5, 5.41) is 22.7. The van der Waals surface area contributed by atoms with Crippen LogP contribution in [0.2, 0.25) is 0 Å². The standard InChI is InChI=1S/C28H21FN2O7.C24H23FN4O5/c1-2-36-28(35)21-25(37-15-17-6-4-3-5-7-17)22-23-24(38-20(27(33)34)14-31(23)26(21)32)18(13-30-22)12-16-8-10-19(29)11-9-16;1-4-28(5-2)23(32)16-12-29-19-18(20(30)17(24(29)33)22(31)26-3)27-11-14(21(19)34-16)10-13-6-8-15(25)9-7-13/h3-11,13-14H,2,12,15H2,1H3,(H,33,34);6-9,11-12,30H,4-5,10H2,1-3H3,(H,26,31). The maximum Gasteiger partial charge on any atom is 0.373 e. The van der Waals surface area contributed by atoms with Crippen molar-refractivity contribution in [2.24, 2.45) is 0 Å². The third kappa shape index (κ3) is 9.56. The Hall–Kier alpha value is -9.20. The van der Waals surface area contributed by atoms with Crippen molar-refractivity contribution in [2.75, 3.05) is 26.7 Å². The number of ether oxygens (including phenoxy) is 4. The predicted molar refractivity (Wildman–Crippen MR) is 258 cm³/mol. The van der Waals surface area contributed by atoms with Crippen molar-refractivity contribution in [1.82, 2.24) is 29.3 Å². The number of carboxylic acid groups (broad SMARTS) is 1. The SMILES string of the molecule is CCN(CC)C(=O)C1=Cn2c(=O)c(C(=O)NC)c(O)c3ncc(Cc4ccc(F)cc4)c(c32)O1.CCOC(=O)c1c(OCc2ccccc2)c2ncc(Cc3ccc(F)cc3)c3c2n(c1=O)C=C(C(=O)O)O3. The summed E-state index contributed by atoms with van der Waals surface area (Å²) < 4.78 is 51.8. The van der Waals surface area contributed by atoms with Gasteiger partial charge in [0.05, 0.1) is 19.0 Å². The molecule has 2 amide bonds. The summed E-state index contributed by atoms with van der Waals surface area (Å²) in [6.07, 6.45) is 5.57. The Morgan fingerprint density at radius 3 is 1.75 bits per heavy atom. The number of carbonyl (C=O) groups is 4. The van der Waals surface area contributed by atoms with Gasteiger partial charge in [0.25, 0.3) is 22.9 Å².